The Hall–Kier alpha value is -1.00. The molecule has 1 saturated heterocycles. The molecule has 1 aromatic carbocycles. The lowest BCUT2D eigenvalue weighted by molar-refractivity contribution is -0.119. The zero-order valence-electron chi connectivity index (χ0n) is 11.6. The van der Waals surface area contributed by atoms with Crippen molar-refractivity contribution in [2.75, 3.05) is 18.9 Å². The van der Waals surface area contributed by atoms with E-state index in [0.29, 0.717) is 12.3 Å². The third-order valence-corrected chi connectivity index (χ3v) is 4.41. The van der Waals surface area contributed by atoms with Gasteiger partial charge in [-0.05, 0) is 38.3 Å². The van der Waals surface area contributed by atoms with Crippen molar-refractivity contribution in [3.63, 3.8) is 0 Å². The second kappa shape index (κ2) is 6.96. The number of hydrogen-bond donors (Lipinski definition) is 1. The Balaban J connectivity index is 1.74. The predicted octanol–water partition coefficient (Wildman–Crippen LogP) is 2.69. The average molecular weight is 279 g/mol. The number of amides is 1. The molecule has 4 heteroatoms. The molecule has 19 heavy (non-hydrogen) atoms. The third kappa shape index (κ3) is 4.55. The van der Waals surface area contributed by atoms with Gasteiger partial charge in [-0.2, -0.15) is 0 Å². The molecule has 0 aliphatic carbocycles. The molecule has 0 bridgehead atoms. The first-order valence-electron chi connectivity index (χ1n) is 6.73. The van der Waals surface area contributed by atoms with Crippen LogP contribution in [0.25, 0.3) is 0 Å². The molecule has 0 saturated carbocycles. The van der Waals surface area contributed by atoms with Gasteiger partial charge >= 0.3 is 0 Å². The summed E-state index contributed by atoms with van der Waals surface area (Å²) in [6.45, 7) is 5.62. The molecule has 0 spiro atoms. The van der Waals surface area contributed by atoms with E-state index in [1.807, 2.05) is 0 Å². The lowest BCUT2D eigenvalue weighted by atomic mass is 10.2. The Labute approximate surface area is 119 Å². The lowest BCUT2D eigenvalue weighted by Gasteiger charge is -2.11. The summed E-state index contributed by atoms with van der Waals surface area (Å²) >= 11 is 1.60. The van der Waals surface area contributed by atoms with Crippen molar-refractivity contribution in [2.24, 2.45) is 0 Å². The third-order valence-electron chi connectivity index (χ3n) is 3.25. The summed E-state index contributed by atoms with van der Waals surface area (Å²) < 4.78 is 5.48. The van der Waals surface area contributed by atoms with E-state index in [4.69, 9.17) is 4.74 Å². The van der Waals surface area contributed by atoms with Crippen LogP contribution >= 0.6 is 11.8 Å². The fourth-order valence-electron chi connectivity index (χ4n) is 2.09. The monoisotopic (exact) mass is 279 g/mol. The molecule has 0 radical (unpaired) electrons. The summed E-state index contributed by atoms with van der Waals surface area (Å²) in [5.41, 5.74) is 2.45. The summed E-state index contributed by atoms with van der Waals surface area (Å²) in [6, 6.07) is 6.33. The topological polar surface area (TPSA) is 38.3 Å². The first kappa shape index (κ1) is 14.4. The molecule has 1 fully saturated rings. The van der Waals surface area contributed by atoms with Gasteiger partial charge in [0.15, 0.2) is 0 Å². The van der Waals surface area contributed by atoms with E-state index < -0.39 is 0 Å². The first-order chi connectivity index (χ1) is 9.15. The van der Waals surface area contributed by atoms with Crippen LogP contribution in [0.3, 0.4) is 0 Å². The smallest absolute Gasteiger partial charge is 0.230 e. The van der Waals surface area contributed by atoms with E-state index in [9.17, 15) is 4.79 Å². The number of hydrogen-bond acceptors (Lipinski definition) is 3. The minimum Gasteiger partial charge on any atom is -0.376 e. The highest BCUT2D eigenvalue weighted by Crippen LogP contribution is 2.23. The molecule has 0 aromatic heterocycles. The predicted molar refractivity (Wildman–Crippen MR) is 78.6 cm³/mol. The van der Waals surface area contributed by atoms with Gasteiger partial charge in [0.1, 0.15) is 0 Å². The fourth-order valence-corrected chi connectivity index (χ4v) is 3.04. The summed E-state index contributed by atoms with van der Waals surface area (Å²) in [7, 11) is 0. The molecule has 104 valence electrons. The number of rotatable bonds is 5. The maximum Gasteiger partial charge on any atom is 0.230 e. The van der Waals surface area contributed by atoms with Gasteiger partial charge in [0.2, 0.25) is 5.91 Å². The van der Waals surface area contributed by atoms with Crippen LogP contribution in [0.15, 0.2) is 23.1 Å². The molecule has 0 unspecified atom stereocenters. The largest absolute Gasteiger partial charge is 0.376 e. The SMILES string of the molecule is Cc1ccc(C)c(SCC(=O)NC[C@H]2CCCO2)c1. The maximum atomic E-state index is 11.8. The number of ether oxygens (including phenoxy) is 1. The summed E-state index contributed by atoms with van der Waals surface area (Å²) in [5.74, 6) is 0.554. The Morgan fingerprint density at radius 1 is 1.47 bits per heavy atom. The van der Waals surface area contributed by atoms with E-state index in [0.717, 1.165) is 19.4 Å². The molecule has 1 aliphatic rings. The molecular formula is C15H21NO2S. The normalized spacial score (nSPS) is 18.5. The van der Waals surface area contributed by atoms with Crippen LogP contribution in [-0.2, 0) is 9.53 Å². The summed E-state index contributed by atoms with van der Waals surface area (Å²) in [5, 5.41) is 2.94. The van der Waals surface area contributed by atoms with Crippen LogP contribution in [0.1, 0.15) is 24.0 Å². The van der Waals surface area contributed by atoms with Crippen LogP contribution < -0.4 is 5.32 Å². The molecule has 1 aliphatic heterocycles. The summed E-state index contributed by atoms with van der Waals surface area (Å²) in [4.78, 5) is 13.0. The van der Waals surface area contributed by atoms with Crippen molar-refractivity contribution < 1.29 is 9.53 Å². The highest BCUT2D eigenvalue weighted by Gasteiger charge is 2.16. The Morgan fingerprint density at radius 2 is 2.32 bits per heavy atom. The van der Waals surface area contributed by atoms with E-state index in [1.165, 1.54) is 16.0 Å². The zero-order chi connectivity index (χ0) is 13.7. The standard InChI is InChI=1S/C15H21NO2S/c1-11-5-6-12(2)14(8-11)19-10-15(17)16-9-13-4-3-7-18-13/h5-6,8,13H,3-4,7,9-10H2,1-2H3,(H,16,17)/t13-/m1/s1. The Kier molecular flexibility index (Phi) is 5.28. The number of thioether (sulfide) groups is 1. The van der Waals surface area contributed by atoms with E-state index in [2.05, 4.69) is 37.4 Å². The number of aryl methyl sites for hydroxylation is 2. The van der Waals surface area contributed by atoms with Crippen LogP contribution in [-0.4, -0.2) is 30.9 Å². The van der Waals surface area contributed by atoms with Crippen molar-refractivity contribution >= 4 is 17.7 Å². The van der Waals surface area contributed by atoms with Gasteiger partial charge in [0.05, 0.1) is 11.9 Å². The quantitative estimate of drug-likeness (QED) is 0.842. The molecule has 1 aromatic rings. The van der Waals surface area contributed by atoms with Gasteiger partial charge < -0.3 is 10.1 Å². The van der Waals surface area contributed by atoms with Crippen LogP contribution in [0.2, 0.25) is 0 Å². The average Bonchev–Trinajstić information content (AvgIpc) is 2.90. The number of carbonyl (C=O) groups is 1. The van der Waals surface area contributed by atoms with Gasteiger partial charge in [-0.3, -0.25) is 4.79 Å². The highest BCUT2D eigenvalue weighted by atomic mass is 32.2. The lowest BCUT2D eigenvalue weighted by Crippen LogP contribution is -2.32. The molecule has 1 N–H and O–H groups in total. The fraction of sp³-hybridized carbons (Fsp3) is 0.533. The van der Waals surface area contributed by atoms with Gasteiger partial charge in [0.25, 0.3) is 0 Å². The zero-order valence-corrected chi connectivity index (χ0v) is 12.4. The van der Waals surface area contributed by atoms with Crippen molar-refractivity contribution in [2.45, 2.75) is 37.7 Å². The molecule has 1 atom stereocenters. The first-order valence-corrected chi connectivity index (χ1v) is 7.72. The van der Waals surface area contributed by atoms with E-state index in [-0.39, 0.29) is 12.0 Å². The van der Waals surface area contributed by atoms with Crippen LogP contribution in [0, 0.1) is 13.8 Å². The van der Waals surface area contributed by atoms with Crippen LogP contribution in [0.4, 0.5) is 0 Å². The highest BCUT2D eigenvalue weighted by molar-refractivity contribution is 8.00. The van der Waals surface area contributed by atoms with Gasteiger partial charge in [-0.15, -0.1) is 11.8 Å². The second-order valence-corrected chi connectivity index (χ2v) is 6.01. The van der Waals surface area contributed by atoms with Crippen molar-refractivity contribution in [3.8, 4) is 0 Å². The minimum atomic E-state index is 0.0846. The van der Waals surface area contributed by atoms with Crippen molar-refractivity contribution in [1.29, 1.82) is 0 Å². The number of benzene rings is 1. The maximum absolute atomic E-state index is 11.8. The Bertz CT molecular complexity index is 442. The van der Waals surface area contributed by atoms with Gasteiger partial charge in [0, 0.05) is 18.0 Å². The van der Waals surface area contributed by atoms with E-state index in [1.54, 1.807) is 11.8 Å². The summed E-state index contributed by atoms with van der Waals surface area (Å²) in [6.07, 6.45) is 2.39. The Morgan fingerprint density at radius 3 is 3.05 bits per heavy atom. The molecule has 3 nitrogen and oxygen atoms in total. The van der Waals surface area contributed by atoms with Gasteiger partial charge in [-0.25, -0.2) is 0 Å². The number of nitrogens with one attached hydrogen (secondary N) is 1. The molecule has 1 heterocycles. The second-order valence-electron chi connectivity index (χ2n) is 5.00. The minimum absolute atomic E-state index is 0.0846. The number of carbonyl (C=O) groups excluding carboxylic acids is 1. The molecule has 1 amide bonds. The van der Waals surface area contributed by atoms with Gasteiger partial charge in [-0.1, -0.05) is 17.7 Å². The van der Waals surface area contributed by atoms with E-state index >= 15 is 0 Å². The molecule has 2 rings (SSSR count). The van der Waals surface area contributed by atoms with Crippen LogP contribution in [0.5, 0.6) is 0 Å². The molecular weight excluding hydrogens is 258 g/mol. The van der Waals surface area contributed by atoms with Crippen molar-refractivity contribution in [3.05, 3.63) is 29.3 Å². The van der Waals surface area contributed by atoms with Crippen molar-refractivity contribution in [1.82, 2.24) is 5.32 Å².